The van der Waals surface area contributed by atoms with Gasteiger partial charge in [-0.25, -0.2) is 4.57 Å². The second-order valence-electron chi connectivity index (χ2n) is 10.2. The molecule has 0 bridgehead atoms. The molecule has 1 unspecified atom stereocenters. The van der Waals surface area contributed by atoms with Crippen LogP contribution < -0.4 is 0 Å². The summed E-state index contributed by atoms with van der Waals surface area (Å²) in [6, 6.07) is 0. The molecule has 0 heterocycles. The predicted molar refractivity (Wildman–Crippen MR) is 138 cm³/mol. The fourth-order valence-corrected chi connectivity index (χ4v) is 4.74. The first-order chi connectivity index (χ1) is 15.3. The van der Waals surface area contributed by atoms with E-state index in [2.05, 4.69) is 27.9 Å². The van der Waals surface area contributed by atoms with Crippen molar-refractivity contribution >= 4 is 7.82 Å². The minimum absolute atomic E-state index is 0.260. The van der Waals surface area contributed by atoms with E-state index in [0.717, 1.165) is 30.4 Å². The molecule has 194 valence electrons. The first kappa shape index (κ1) is 32.1. The molecule has 5 nitrogen and oxygen atoms in total. The van der Waals surface area contributed by atoms with Crippen LogP contribution in [0.4, 0.5) is 0 Å². The van der Waals surface area contributed by atoms with Crippen molar-refractivity contribution in [3.63, 3.8) is 0 Å². The minimum atomic E-state index is -3.92. The van der Waals surface area contributed by atoms with Crippen molar-refractivity contribution in [1.29, 1.82) is 0 Å². The summed E-state index contributed by atoms with van der Waals surface area (Å²) in [7, 11) is 0.413. The number of nitrogens with zero attached hydrogens (tertiary/aromatic N) is 1. The summed E-state index contributed by atoms with van der Waals surface area (Å²) in [6.07, 6.45) is 22.9. The van der Waals surface area contributed by atoms with Crippen LogP contribution in [-0.2, 0) is 13.6 Å². The van der Waals surface area contributed by atoms with Crippen LogP contribution >= 0.6 is 7.82 Å². The summed E-state index contributed by atoms with van der Waals surface area (Å²) in [5, 5.41) is 0. The Kier molecular flexibility index (Phi) is 21.6. The summed E-state index contributed by atoms with van der Waals surface area (Å²) < 4.78 is 23.2. The molecule has 1 N–H and O–H groups in total. The van der Waals surface area contributed by atoms with Gasteiger partial charge in [0.25, 0.3) is 0 Å². The maximum atomic E-state index is 12.1. The van der Waals surface area contributed by atoms with Crippen molar-refractivity contribution in [2.45, 2.75) is 129 Å². The van der Waals surface area contributed by atoms with Crippen LogP contribution in [0.15, 0.2) is 0 Å². The molecule has 0 saturated heterocycles. The Morgan fingerprint density at radius 1 is 0.562 bits per heavy atom. The number of rotatable bonds is 25. The lowest BCUT2D eigenvalue weighted by atomic mass is 10.1. The average molecular weight is 479 g/mol. The van der Waals surface area contributed by atoms with E-state index in [1.807, 2.05) is 0 Å². The minimum Gasteiger partial charge on any atom is -0.327 e. The van der Waals surface area contributed by atoms with Crippen molar-refractivity contribution in [2.24, 2.45) is 0 Å². The topological polar surface area (TPSA) is 55.8 Å². The maximum Gasteiger partial charge on any atom is 0.472 e. The first-order valence-corrected chi connectivity index (χ1v) is 15.3. The largest absolute Gasteiger partial charge is 0.472 e. The number of likely N-dealkylation sites (N-methyl/N-ethyl adjacent to an activating group) is 1. The quantitative estimate of drug-likeness (QED) is 0.0815. The molecule has 0 fully saturated rings. The monoisotopic (exact) mass is 478 g/mol. The van der Waals surface area contributed by atoms with Crippen molar-refractivity contribution in [1.82, 2.24) is 0 Å². The summed E-state index contributed by atoms with van der Waals surface area (Å²) in [5.41, 5.74) is 0. The van der Waals surface area contributed by atoms with Crippen LogP contribution in [0.25, 0.3) is 0 Å². The van der Waals surface area contributed by atoms with Gasteiger partial charge in [-0.15, -0.1) is 0 Å². The van der Waals surface area contributed by atoms with E-state index < -0.39 is 7.82 Å². The van der Waals surface area contributed by atoms with Crippen LogP contribution in [-0.4, -0.2) is 49.8 Å². The number of hydrogen-bond donors (Lipinski definition) is 1. The van der Waals surface area contributed by atoms with E-state index in [-0.39, 0.29) is 6.61 Å². The standard InChI is InChI=1S/C26H56NO4P/c1-5-7-9-11-13-15-16-18-20-22-25-30-32(28,29)31-26-24-27(3,4)23-21-19-17-14-12-10-8-6-2/h5-26H2,1-4H3/p+1. The number of quaternary nitrogens is 1. The number of phosphoric ester groups is 1. The lowest BCUT2D eigenvalue weighted by Gasteiger charge is -2.29. The third-order valence-corrected chi connectivity index (χ3v) is 7.34. The lowest BCUT2D eigenvalue weighted by molar-refractivity contribution is -0.890. The highest BCUT2D eigenvalue weighted by Gasteiger charge is 2.23. The zero-order valence-corrected chi connectivity index (χ0v) is 23.0. The Morgan fingerprint density at radius 3 is 1.41 bits per heavy atom. The second-order valence-corrected chi connectivity index (χ2v) is 11.6. The van der Waals surface area contributed by atoms with Crippen LogP contribution in [0.2, 0.25) is 0 Å². The molecule has 0 aliphatic heterocycles. The second kappa shape index (κ2) is 21.6. The van der Waals surface area contributed by atoms with E-state index >= 15 is 0 Å². The molecule has 0 aromatic rings. The Bertz CT molecular complexity index is 446. The smallest absolute Gasteiger partial charge is 0.327 e. The lowest BCUT2D eigenvalue weighted by Crippen LogP contribution is -2.42. The van der Waals surface area contributed by atoms with Gasteiger partial charge in [-0.2, -0.15) is 0 Å². The van der Waals surface area contributed by atoms with Gasteiger partial charge in [0.1, 0.15) is 13.2 Å². The van der Waals surface area contributed by atoms with E-state index in [9.17, 15) is 9.46 Å². The fraction of sp³-hybridized carbons (Fsp3) is 1.00. The molecule has 0 saturated carbocycles. The van der Waals surface area contributed by atoms with E-state index in [1.54, 1.807) is 0 Å². The normalized spacial score (nSPS) is 14.0. The highest BCUT2D eigenvalue weighted by Crippen LogP contribution is 2.43. The van der Waals surface area contributed by atoms with Gasteiger partial charge in [0.2, 0.25) is 0 Å². The molecular formula is C26H57NO4P+. The number of phosphoric acid groups is 1. The number of unbranched alkanes of at least 4 members (excludes halogenated alkanes) is 16. The Labute approximate surface area is 200 Å². The van der Waals surface area contributed by atoms with Gasteiger partial charge in [-0.1, -0.05) is 110 Å². The van der Waals surface area contributed by atoms with E-state index in [0.29, 0.717) is 6.61 Å². The number of hydrogen-bond acceptors (Lipinski definition) is 3. The van der Waals surface area contributed by atoms with Gasteiger partial charge >= 0.3 is 7.82 Å². The average Bonchev–Trinajstić information content (AvgIpc) is 2.73. The zero-order chi connectivity index (χ0) is 24.0. The summed E-state index contributed by atoms with van der Waals surface area (Å²) in [6.45, 7) is 6.87. The summed E-state index contributed by atoms with van der Waals surface area (Å²) in [4.78, 5) is 9.89. The molecule has 0 radical (unpaired) electrons. The Morgan fingerprint density at radius 2 is 0.938 bits per heavy atom. The van der Waals surface area contributed by atoms with Crippen LogP contribution in [0, 0.1) is 0 Å². The molecule has 0 aromatic carbocycles. The van der Waals surface area contributed by atoms with Gasteiger partial charge < -0.3 is 9.38 Å². The first-order valence-electron chi connectivity index (χ1n) is 13.8. The molecule has 32 heavy (non-hydrogen) atoms. The third kappa shape index (κ3) is 23.2. The zero-order valence-electron chi connectivity index (χ0n) is 22.1. The summed E-state index contributed by atoms with van der Waals surface area (Å²) >= 11 is 0. The van der Waals surface area contributed by atoms with Crippen molar-refractivity contribution in [3.05, 3.63) is 0 Å². The molecule has 0 spiro atoms. The Balaban J connectivity index is 3.61. The van der Waals surface area contributed by atoms with Gasteiger partial charge in [0.15, 0.2) is 0 Å². The summed E-state index contributed by atoms with van der Waals surface area (Å²) in [5.74, 6) is 0. The van der Waals surface area contributed by atoms with Crippen molar-refractivity contribution in [3.8, 4) is 0 Å². The van der Waals surface area contributed by atoms with Crippen LogP contribution in [0.5, 0.6) is 0 Å². The highest BCUT2D eigenvalue weighted by atomic mass is 31.2. The molecular weight excluding hydrogens is 421 g/mol. The highest BCUT2D eigenvalue weighted by molar-refractivity contribution is 7.47. The molecule has 1 atom stereocenters. The van der Waals surface area contributed by atoms with Crippen molar-refractivity contribution in [2.75, 3.05) is 40.4 Å². The molecule has 0 aliphatic carbocycles. The molecule has 0 aromatic heterocycles. The molecule has 0 rings (SSSR count). The van der Waals surface area contributed by atoms with E-state index in [1.165, 1.54) is 103 Å². The predicted octanol–water partition coefficient (Wildman–Crippen LogP) is 8.26. The van der Waals surface area contributed by atoms with Crippen LogP contribution in [0.3, 0.4) is 0 Å². The third-order valence-electron chi connectivity index (χ3n) is 6.32. The molecule has 0 amide bonds. The van der Waals surface area contributed by atoms with Crippen LogP contribution in [0.1, 0.15) is 129 Å². The van der Waals surface area contributed by atoms with Crippen molar-refractivity contribution < 1.29 is 23.0 Å². The molecule has 0 aliphatic rings. The van der Waals surface area contributed by atoms with E-state index in [4.69, 9.17) is 9.05 Å². The molecule has 6 heteroatoms. The maximum absolute atomic E-state index is 12.1. The Hall–Kier alpha value is 0.0700. The van der Waals surface area contributed by atoms with Gasteiger partial charge in [0.05, 0.1) is 27.2 Å². The van der Waals surface area contributed by atoms with Gasteiger partial charge in [-0.05, 0) is 19.3 Å². The fourth-order valence-electron chi connectivity index (χ4n) is 4.00. The van der Waals surface area contributed by atoms with Gasteiger partial charge in [-0.3, -0.25) is 9.05 Å². The SMILES string of the molecule is CCCCCCCCCCCCOP(=O)(O)OCC[N+](C)(C)CCCCCCCCCC. The van der Waals surface area contributed by atoms with Gasteiger partial charge in [0, 0.05) is 0 Å².